The molecule has 3 aromatic carbocycles. The third kappa shape index (κ3) is 3.66. The standard InChI is InChI=1S/C21H21NO4S/c1-14-10-15(2)21(16(3)11-14)22(13-20(23)24)27(25,26)19-9-8-17-6-4-5-7-18(17)12-19/h4-12H,13H2,1-3H3,(H,23,24). The monoisotopic (exact) mass is 383 g/mol. The molecule has 0 saturated carbocycles. The van der Waals surface area contributed by atoms with Crippen LogP contribution in [-0.4, -0.2) is 26.0 Å². The summed E-state index contributed by atoms with van der Waals surface area (Å²) in [7, 11) is -4.05. The highest BCUT2D eigenvalue weighted by atomic mass is 32.2. The summed E-state index contributed by atoms with van der Waals surface area (Å²) in [5.74, 6) is -1.21. The first-order valence-electron chi connectivity index (χ1n) is 8.51. The Morgan fingerprint density at radius 2 is 1.52 bits per heavy atom. The number of rotatable bonds is 5. The number of aryl methyl sites for hydroxylation is 3. The minimum Gasteiger partial charge on any atom is -0.480 e. The first-order chi connectivity index (χ1) is 12.7. The van der Waals surface area contributed by atoms with Crippen LogP contribution in [-0.2, 0) is 14.8 Å². The van der Waals surface area contributed by atoms with Gasteiger partial charge in [0.2, 0.25) is 0 Å². The lowest BCUT2D eigenvalue weighted by Crippen LogP contribution is -2.36. The van der Waals surface area contributed by atoms with E-state index in [9.17, 15) is 18.3 Å². The maximum Gasteiger partial charge on any atom is 0.324 e. The Morgan fingerprint density at radius 3 is 2.11 bits per heavy atom. The fraction of sp³-hybridized carbons (Fsp3) is 0.190. The van der Waals surface area contributed by atoms with Gasteiger partial charge in [-0.15, -0.1) is 0 Å². The molecule has 1 N–H and O–H groups in total. The molecule has 0 atom stereocenters. The normalized spacial score (nSPS) is 11.5. The average molecular weight is 383 g/mol. The van der Waals surface area contributed by atoms with Gasteiger partial charge in [0.15, 0.2) is 0 Å². The second-order valence-electron chi connectivity index (χ2n) is 6.66. The minimum atomic E-state index is -4.05. The zero-order valence-electron chi connectivity index (χ0n) is 15.4. The molecule has 0 saturated heterocycles. The molecule has 140 valence electrons. The quantitative estimate of drug-likeness (QED) is 0.721. The van der Waals surface area contributed by atoms with Crippen LogP contribution in [0.5, 0.6) is 0 Å². The molecule has 5 nitrogen and oxygen atoms in total. The lowest BCUT2D eigenvalue weighted by molar-refractivity contribution is -0.135. The number of fused-ring (bicyclic) bond motifs is 1. The van der Waals surface area contributed by atoms with Crippen molar-refractivity contribution in [1.82, 2.24) is 0 Å². The van der Waals surface area contributed by atoms with E-state index in [0.717, 1.165) is 31.8 Å². The van der Waals surface area contributed by atoms with Crippen LogP contribution < -0.4 is 4.31 Å². The van der Waals surface area contributed by atoms with Crippen molar-refractivity contribution in [3.8, 4) is 0 Å². The molecule has 0 unspecified atom stereocenters. The van der Waals surface area contributed by atoms with Crippen molar-refractivity contribution in [2.75, 3.05) is 10.8 Å². The Balaban J connectivity index is 2.20. The van der Waals surface area contributed by atoms with Gasteiger partial charge in [0.05, 0.1) is 10.6 Å². The largest absolute Gasteiger partial charge is 0.480 e. The molecule has 27 heavy (non-hydrogen) atoms. The van der Waals surface area contributed by atoms with Gasteiger partial charge in [-0.25, -0.2) is 8.42 Å². The van der Waals surface area contributed by atoms with Gasteiger partial charge in [-0.1, -0.05) is 48.0 Å². The van der Waals surface area contributed by atoms with Crippen LogP contribution in [0.3, 0.4) is 0 Å². The number of anilines is 1. The highest BCUT2D eigenvalue weighted by Gasteiger charge is 2.29. The number of carboxylic acids is 1. The Labute approximate surface area is 158 Å². The van der Waals surface area contributed by atoms with Gasteiger partial charge in [0.1, 0.15) is 6.54 Å². The van der Waals surface area contributed by atoms with E-state index in [1.807, 2.05) is 43.3 Å². The summed E-state index contributed by atoms with van der Waals surface area (Å²) in [6.07, 6.45) is 0. The third-order valence-corrected chi connectivity index (χ3v) is 6.21. The number of carbonyl (C=O) groups is 1. The lowest BCUT2D eigenvalue weighted by atomic mass is 10.1. The molecule has 0 aliphatic heterocycles. The predicted octanol–water partition coefficient (Wildman–Crippen LogP) is 4.04. The number of benzene rings is 3. The molecule has 0 heterocycles. The Hall–Kier alpha value is -2.86. The summed E-state index contributed by atoms with van der Waals surface area (Å²) < 4.78 is 27.7. The SMILES string of the molecule is Cc1cc(C)c(N(CC(=O)O)S(=O)(=O)c2ccc3ccccc3c2)c(C)c1. The Kier molecular flexibility index (Phi) is 4.93. The van der Waals surface area contributed by atoms with E-state index in [1.165, 1.54) is 6.07 Å². The van der Waals surface area contributed by atoms with E-state index in [1.54, 1.807) is 26.0 Å². The summed E-state index contributed by atoms with van der Waals surface area (Å²) in [5, 5.41) is 11.1. The third-order valence-electron chi connectivity index (χ3n) is 4.47. The van der Waals surface area contributed by atoms with Gasteiger partial charge in [-0.3, -0.25) is 9.10 Å². The second-order valence-corrected chi connectivity index (χ2v) is 8.52. The van der Waals surface area contributed by atoms with Gasteiger partial charge in [-0.2, -0.15) is 0 Å². The van der Waals surface area contributed by atoms with E-state index < -0.39 is 22.5 Å². The summed E-state index contributed by atoms with van der Waals surface area (Å²) in [6.45, 7) is 4.86. The Bertz CT molecular complexity index is 1110. The highest BCUT2D eigenvalue weighted by Crippen LogP contribution is 2.32. The molecule has 0 bridgehead atoms. The van der Waals surface area contributed by atoms with Crippen molar-refractivity contribution in [2.45, 2.75) is 25.7 Å². The molecular formula is C21H21NO4S. The average Bonchev–Trinajstić information content (AvgIpc) is 2.59. The lowest BCUT2D eigenvalue weighted by Gasteiger charge is -2.26. The maximum atomic E-state index is 13.4. The first kappa shape index (κ1) is 18.9. The molecular weight excluding hydrogens is 362 g/mol. The second kappa shape index (κ2) is 7.04. The van der Waals surface area contributed by atoms with Crippen molar-refractivity contribution < 1.29 is 18.3 Å². The first-order valence-corrected chi connectivity index (χ1v) is 9.95. The van der Waals surface area contributed by atoms with E-state index in [4.69, 9.17) is 0 Å². The van der Waals surface area contributed by atoms with Gasteiger partial charge >= 0.3 is 5.97 Å². The summed E-state index contributed by atoms with van der Waals surface area (Å²) in [6, 6.07) is 16.0. The number of hydrogen-bond donors (Lipinski definition) is 1. The van der Waals surface area contributed by atoms with E-state index in [0.29, 0.717) is 5.69 Å². The zero-order chi connectivity index (χ0) is 19.8. The van der Waals surface area contributed by atoms with Crippen molar-refractivity contribution in [1.29, 1.82) is 0 Å². The van der Waals surface area contributed by atoms with E-state index in [2.05, 4.69) is 0 Å². The van der Waals surface area contributed by atoms with Crippen LogP contribution in [0.25, 0.3) is 10.8 Å². The van der Waals surface area contributed by atoms with E-state index in [-0.39, 0.29) is 4.90 Å². The smallest absolute Gasteiger partial charge is 0.324 e. The molecule has 0 aliphatic rings. The number of carboxylic acid groups (broad SMARTS) is 1. The molecule has 0 aromatic heterocycles. The fourth-order valence-electron chi connectivity index (χ4n) is 3.43. The van der Waals surface area contributed by atoms with E-state index >= 15 is 0 Å². The molecule has 0 radical (unpaired) electrons. The van der Waals surface area contributed by atoms with Crippen LogP contribution in [0, 0.1) is 20.8 Å². The molecule has 0 spiro atoms. The van der Waals surface area contributed by atoms with Crippen molar-refractivity contribution in [3.63, 3.8) is 0 Å². The molecule has 3 rings (SSSR count). The highest BCUT2D eigenvalue weighted by molar-refractivity contribution is 7.92. The van der Waals surface area contributed by atoms with Crippen molar-refractivity contribution >= 4 is 32.5 Å². The minimum absolute atomic E-state index is 0.0711. The summed E-state index contributed by atoms with van der Waals surface area (Å²) in [5.41, 5.74) is 2.85. The topological polar surface area (TPSA) is 74.7 Å². The van der Waals surface area contributed by atoms with Crippen molar-refractivity contribution in [3.05, 3.63) is 71.3 Å². The summed E-state index contributed by atoms with van der Waals surface area (Å²) in [4.78, 5) is 11.5. The van der Waals surface area contributed by atoms with Gasteiger partial charge in [0, 0.05) is 0 Å². The van der Waals surface area contributed by atoms with Crippen LogP contribution >= 0.6 is 0 Å². The molecule has 0 amide bonds. The zero-order valence-corrected chi connectivity index (χ0v) is 16.2. The summed E-state index contributed by atoms with van der Waals surface area (Å²) >= 11 is 0. The Morgan fingerprint density at radius 1 is 0.926 bits per heavy atom. The fourth-order valence-corrected chi connectivity index (χ4v) is 5.01. The number of hydrogen-bond acceptors (Lipinski definition) is 3. The van der Waals surface area contributed by atoms with Crippen LogP contribution in [0.15, 0.2) is 59.5 Å². The van der Waals surface area contributed by atoms with Gasteiger partial charge in [0.25, 0.3) is 10.0 Å². The number of sulfonamides is 1. The van der Waals surface area contributed by atoms with Gasteiger partial charge < -0.3 is 5.11 Å². The van der Waals surface area contributed by atoms with Crippen LogP contribution in [0.4, 0.5) is 5.69 Å². The number of nitrogens with zero attached hydrogens (tertiary/aromatic N) is 1. The molecule has 0 aliphatic carbocycles. The van der Waals surface area contributed by atoms with Crippen LogP contribution in [0.2, 0.25) is 0 Å². The predicted molar refractivity (Wildman–Crippen MR) is 107 cm³/mol. The molecule has 0 fully saturated rings. The number of aliphatic carboxylic acids is 1. The molecule has 6 heteroatoms. The van der Waals surface area contributed by atoms with Crippen molar-refractivity contribution in [2.24, 2.45) is 0 Å². The van der Waals surface area contributed by atoms with Gasteiger partial charge in [-0.05, 0) is 54.8 Å². The maximum absolute atomic E-state index is 13.4. The van der Waals surface area contributed by atoms with Crippen LogP contribution in [0.1, 0.15) is 16.7 Å². The molecule has 3 aromatic rings.